The number of halogens is 1. The highest BCUT2D eigenvalue weighted by molar-refractivity contribution is 6.33. The lowest BCUT2D eigenvalue weighted by Gasteiger charge is -2.35. The summed E-state index contributed by atoms with van der Waals surface area (Å²) in [5, 5.41) is 2.97. The van der Waals surface area contributed by atoms with Crippen LogP contribution in [0.1, 0.15) is 43.1 Å². The molecule has 0 aromatic heterocycles. The third-order valence-corrected chi connectivity index (χ3v) is 5.79. The number of ether oxygens (including phenoxy) is 1. The Morgan fingerprint density at radius 1 is 1.13 bits per heavy atom. The number of carbonyl (C=O) groups is 3. The normalized spacial score (nSPS) is 16.4. The first-order chi connectivity index (χ1) is 14.8. The molecule has 2 atom stereocenters. The second-order valence-electron chi connectivity index (χ2n) is 8.06. The molecule has 0 radical (unpaired) electrons. The molecule has 2 amide bonds. The Balaban J connectivity index is 1.66. The lowest BCUT2D eigenvalue weighted by atomic mass is 9.96. The molecule has 164 valence electrons. The molecule has 0 aliphatic carbocycles. The van der Waals surface area contributed by atoms with Gasteiger partial charge in [-0.1, -0.05) is 55.8 Å². The molecule has 1 aliphatic rings. The van der Waals surface area contributed by atoms with Crippen LogP contribution in [0.2, 0.25) is 5.02 Å². The zero-order valence-electron chi connectivity index (χ0n) is 17.9. The van der Waals surface area contributed by atoms with Gasteiger partial charge < -0.3 is 15.0 Å². The van der Waals surface area contributed by atoms with E-state index in [1.165, 1.54) is 0 Å². The van der Waals surface area contributed by atoms with Gasteiger partial charge in [0.25, 0.3) is 11.8 Å². The zero-order valence-corrected chi connectivity index (χ0v) is 18.7. The molecule has 1 unspecified atom stereocenters. The van der Waals surface area contributed by atoms with Crippen molar-refractivity contribution in [2.75, 3.05) is 11.5 Å². The van der Waals surface area contributed by atoms with Gasteiger partial charge in [-0.25, -0.2) is 4.79 Å². The number of hydrogen-bond donors (Lipinski definition) is 1. The fraction of sp³-hybridized carbons (Fsp3) is 0.375. The lowest BCUT2D eigenvalue weighted by Crippen LogP contribution is -2.48. The third-order valence-electron chi connectivity index (χ3n) is 5.46. The van der Waals surface area contributed by atoms with Gasteiger partial charge in [-0.2, -0.15) is 0 Å². The van der Waals surface area contributed by atoms with Crippen LogP contribution in [0, 0.1) is 5.92 Å². The minimum absolute atomic E-state index is 0.0157. The number of hydrogen-bond acceptors (Lipinski definition) is 4. The van der Waals surface area contributed by atoms with E-state index in [-0.39, 0.29) is 30.0 Å². The highest BCUT2D eigenvalue weighted by Gasteiger charge is 2.31. The van der Waals surface area contributed by atoms with Crippen molar-refractivity contribution in [3.63, 3.8) is 0 Å². The predicted molar refractivity (Wildman–Crippen MR) is 120 cm³/mol. The largest absolute Gasteiger partial charge is 0.454 e. The molecule has 1 aliphatic heterocycles. The molecule has 0 saturated heterocycles. The number of carbonyl (C=O) groups excluding carboxylic acids is 3. The average Bonchev–Trinajstić information content (AvgIpc) is 2.75. The summed E-state index contributed by atoms with van der Waals surface area (Å²) in [5.74, 6) is -1.63. The van der Waals surface area contributed by atoms with E-state index < -0.39 is 17.9 Å². The summed E-state index contributed by atoms with van der Waals surface area (Å²) in [6.07, 6.45) is 1.75. The maximum absolute atomic E-state index is 12.9. The van der Waals surface area contributed by atoms with Gasteiger partial charge in [0.05, 0.1) is 10.6 Å². The number of nitrogens with zero attached hydrogens (tertiary/aromatic N) is 1. The molecule has 0 saturated carbocycles. The van der Waals surface area contributed by atoms with E-state index in [0.717, 1.165) is 24.1 Å². The fourth-order valence-corrected chi connectivity index (χ4v) is 3.94. The van der Waals surface area contributed by atoms with Crippen molar-refractivity contribution in [2.45, 2.75) is 45.7 Å². The Labute approximate surface area is 187 Å². The van der Waals surface area contributed by atoms with Crippen LogP contribution in [-0.2, 0) is 20.7 Å². The number of amides is 2. The first-order valence-electron chi connectivity index (χ1n) is 10.4. The van der Waals surface area contributed by atoms with Crippen LogP contribution in [-0.4, -0.2) is 36.5 Å². The monoisotopic (exact) mass is 442 g/mol. The highest BCUT2D eigenvalue weighted by atomic mass is 35.5. The minimum Gasteiger partial charge on any atom is -0.454 e. The van der Waals surface area contributed by atoms with E-state index in [1.807, 2.05) is 31.2 Å². The van der Waals surface area contributed by atoms with Crippen molar-refractivity contribution in [1.82, 2.24) is 5.32 Å². The van der Waals surface area contributed by atoms with Gasteiger partial charge in [0.1, 0.15) is 6.04 Å². The van der Waals surface area contributed by atoms with E-state index in [1.54, 1.807) is 43.0 Å². The Morgan fingerprint density at radius 3 is 2.52 bits per heavy atom. The Bertz CT molecular complexity index is 976. The third kappa shape index (κ3) is 5.25. The van der Waals surface area contributed by atoms with Crippen molar-refractivity contribution in [3.05, 3.63) is 64.7 Å². The summed E-state index contributed by atoms with van der Waals surface area (Å²) in [6, 6.07) is 13.5. The topological polar surface area (TPSA) is 75.7 Å². The SMILES string of the molecule is CC(C)[C@H](NC(=O)c1ccccc1Cl)C(=O)OCC(=O)N1c2ccccc2CCC1C. The van der Waals surface area contributed by atoms with Crippen LogP contribution < -0.4 is 10.2 Å². The van der Waals surface area contributed by atoms with Crippen LogP contribution >= 0.6 is 11.6 Å². The van der Waals surface area contributed by atoms with Crippen molar-refractivity contribution < 1.29 is 19.1 Å². The second-order valence-corrected chi connectivity index (χ2v) is 8.47. The first kappa shape index (κ1) is 22.8. The van der Waals surface area contributed by atoms with Crippen molar-refractivity contribution in [2.24, 2.45) is 5.92 Å². The van der Waals surface area contributed by atoms with Gasteiger partial charge in [0.2, 0.25) is 0 Å². The van der Waals surface area contributed by atoms with E-state index >= 15 is 0 Å². The summed E-state index contributed by atoms with van der Waals surface area (Å²) in [6.45, 7) is 5.19. The summed E-state index contributed by atoms with van der Waals surface area (Å²) in [4.78, 5) is 39.9. The zero-order chi connectivity index (χ0) is 22.5. The molecule has 3 rings (SSSR count). The van der Waals surface area contributed by atoms with Crippen molar-refractivity contribution in [3.8, 4) is 0 Å². The average molecular weight is 443 g/mol. The Kier molecular flexibility index (Phi) is 7.33. The smallest absolute Gasteiger partial charge is 0.329 e. The van der Waals surface area contributed by atoms with E-state index in [2.05, 4.69) is 5.32 Å². The maximum atomic E-state index is 12.9. The van der Waals surface area contributed by atoms with Crippen LogP contribution in [0.15, 0.2) is 48.5 Å². The number of nitrogens with one attached hydrogen (secondary N) is 1. The maximum Gasteiger partial charge on any atom is 0.329 e. The van der Waals surface area contributed by atoms with E-state index in [4.69, 9.17) is 16.3 Å². The quantitative estimate of drug-likeness (QED) is 0.686. The standard InChI is InChI=1S/C24H27ClN2O4/c1-15(2)22(26-23(29)18-9-5-6-10-19(18)25)24(30)31-14-21(28)27-16(3)12-13-17-8-4-7-11-20(17)27/h4-11,15-16,22H,12-14H2,1-3H3,(H,26,29)/t16?,22-/m0/s1. The number of para-hydroxylation sites is 1. The molecule has 7 heteroatoms. The van der Waals surface area contributed by atoms with Crippen molar-refractivity contribution in [1.29, 1.82) is 0 Å². The van der Waals surface area contributed by atoms with Crippen LogP contribution in [0.5, 0.6) is 0 Å². The molecule has 31 heavy (non-hydrogen) atoms. The molecule has 2 aromatic carbocycles. The number of anilines is 1. The molecular weight excluding hydrogens is 416 g/mol. The summed E-state index contributed by atoms with van der Waals surface area (Å²) < 4.78 is 5.33. The molecule has 1 N–H and O–H groups in total. The molecule has 0 fully saturated rings. The number of fused-ring (bicyclic) bond motifs is 1. The summed E-state index contributed by atoms with van der Waals surface area (Å²) in [7, 11) is 0. The number of esters is 1. The molecule has 1 heterocycles. The van der Waals surface area contributed by atoms with Crippen LogP contribution in [0.25, 0.3) is 0 Å². The minimum atomic E-state index is -0.900. The molecular formula is C24H27ClN2O4. The second kappa shape index (κ2) is 9.96. The molecule has 6 nitrogen and oxygen atoms in total. The highest BCUT2D eigenvalue weighted by Crippen LogP contribution is 2.30. The van der Waals surface area contributed by atoms with Gasteiger partial charge in [-0.05, 0) is 49.4 Å². The predicted octanol–water partition coefficient (Wildman–Crippen LogP) is 4.01. The molecule has 0 spiro atoms. The Hall–Kier alpha value is -2.86. The first-order valence-corrected chi connectivity index (χ1v) is 10.8. The number of rotatable bonds is 6. The lowest BCUT2D eigenvalue weighted by molar-refractivity contribution is -0.150. The van der Waals surface area contributed by atoms with Crippen LogP contribution in [0.4, 0.5) is 5.69 Å². The van der Waals surface area contributed by atoms with Crippen molar-refractivity contribution >= 4 is 35.1 Å². The fourth-order valence-electron chi connectivity index (χ4n) is 3.72. The summed E-state index contributed by atoms with van der Waals surface area (Å²) in [5.41, 5.74) is 2.24. The summed E-state index contributed by atoms with van der Waals surface area (Å²) >= 11 is 6.08. The number of benzene rings is 2. The molecule has 0 bridgehead atoms. The molecule has 2 aromatic rings. The van der Waals surface area contributed by atoms with Gasteiger partial charge in [0, 0.05) is 11.7 Å². The van der Waals surface area contributed by atoms with Gasteiger partial charge in [0.15, 0.2) is 6.61 Å². The van der Waals surface area contributed by atoms with E-state index in [0.29, 0.717) is 5.02 Å². The van der Waals surface area contributed by atoms with E-state index in [9.17, 15) is 14.4 Å². The number of aryl methyl sites for hydroxylation is 1. The van der Waals surface area contributed by atoms with Crippen LogP contribution in [0.3, 0.4) is 0 Å². The van der Waals surface area contributed by atoms with Gasteiger partial charge in [-0.15, -0.1) is 0 Å². The Morgan fingerprint density at radius 2 is 1.81 bits per heavy atom. The van der Waals surface area contributed by atoms with Gasteiger partial charge in [-0.3, -0.25) is 9.59 Å². The van der Waals surface area contributed by atoms with Gasteiger partial charge >= 0.3 is 5.97 Å².